The largest absolute Gasteiger partial charge is 0.496 e. The molecule has 3 aliphatic rings. The number of piperidine rings is 3. The van der Waals surface area contributed by atoms with E-state index in [0.717, 1.165) is 80.1 Å². The first kappa shape index (κ1) is 38.8. The molecule has 10 nitrogen and oxygen atoms in total. The number of aryl methyl sites for hydroxylation is 1. The molecule has 3 saturated heterocycles. The minimum absolute atomic E-state index is 0.111. The van der Waals surface area contributed by atoms with Crippen LogP contribution in [0.5, 0.6) is 5.75 Å². The molecule has 0 radical (unpaired) electrons. The van der Waals surface area contributed by atoms with E-state index in [2.05, 4.69) is 25.4 Å². The zero-order chi connectivity index (χ0) is 38.9. The number of carbonyl (C=O) groups excluding carboxylic acids is 2. The van der Waals surface area contributed by atoms with Crippen molar-refractivity contribution in [1.82, 2.24) is 24.7 Å². The predicted octanol–water partition coefficient (Wildman–Crippen LogP) is 6.98. The summed E-state index contributed by atoms with van der Waals surface area (Å²) < 4.78 is 50.2. The molecule has 0 aliphatic carbocycles. The van der Waals surface area contributed by atoms with E-state index in [1.165, 1.54) is 0 Å². The van der Waals surface area contributed by atoms with Crippen LogP contribution in [0.2, 0.25) is 5.02 Å². The third-order valence-electron chi connectivity index (χ3n) is 11.6. The summed E-state index contributed by atoms with van der Waals surface area (Å²) in [6, 6.07) is 9.28. The van der Waals surface area contributed by atoms with Gasteiger partial charge >= 0.3 is 6.18 Å². The van der Waals surface area contributed by atoms with Gasteiger partial charge in [-0.05, 0) is 130 Å². The molecule has 3 aliphatic heterocycles. The number of nitrogens with one attached hydrogen (secondary N) is 2. The first-order valence-electron chi connectivity index (χ1n) is 18.9. The summed E-state index contributed by atoms with van der Waals surface area (Å²) >= 11 is 6.93. The Kier molecular flexibility index (Phi) is 11.5. The first-order valence-corrected chi connectivity index (χ1v) is 19.3. The fourth-order valence-electron chi connectivity index (χ4n) is 8.41. The topological polar surface area (TPSA) is 109 Å². The number of fused-ring (bicyclic) bond motifs is 1. The number of halogens is 4. The number of imide groups is 1. The molecule has 7 rings (SSSR count). The van der Waals surface area contributed by atoms with Crippen molar-refractivity contribution >= 4 is 39.9 Å². The van der Waals surface area contributed by atoms with Crippen LogP contribution in [-0.4, -0.2) is 77.0 Å². The van der Waals surface area contributed by atoms with Crippen LogP contribution in [-0.2, 0) is 29.4 Å². The summed E-state index contributed by atoms with van der Waals surface area (Å²) in [6.45, 7) is 4.94. The van der Waals surface area contributed by atoms with Gasteiger partial charge in [-0.1, -0.05) is 17.7 Å². The van der Waals surface area contributed by atoms with E-state index in [4.69, 9.17) is 16.3 Å². The Hall–Kier alpha value is -4.46. The number of rotatable bonds is 10. The number of anilines is 1. The van der Waals surface area contributed by atoms with Crippen LogP contribution in [0.25, 0.3) is 21.9 Å². The molecule has 2 N–H and O–H groups in total. The number of hydrogen-bond acceptors (Lipinski definition) is 8. The zero-order valence-corrected chi connectivity index (χ0v) is 31.8. The number of nitrogens with zero attached hydrogens (tertiary/aromatic N) is 4. The number of aromatic nitrogens is 2. The standard InChI is InChI=1S/C41H46ClF3N6O4/c1-49-23-32(30-7-13-46-22-31(30)40(49)54)27-19-35(42)33(37(20-27)55-2)24-51-15-9-25(10-16-51)8-14-50-17-11-26(12-18-50)29-4-3-28(21-34(29)41(43,44)45)47-36-5-6-38(52)48-39(36)53/h3-4,7,13,19-23,25-26,36,47H,5-6,8-12,14-18,24H2,1-2H3,(H,48,52,53). The molecule has 3 fully saturated rings. The molecule has 5 heterocycles. The summed E-state index contributed by atoms with van der Waals surface area (Å²) in [5.74, 6) is 0.179. The number of likely N-dealkylation sites (tertiary alicyclic amines) is 2. The highest BCUT2D eigenvalue weighted by Crippen LogP contribution is 2.41. The average Bonchev–Trinajstić information content (AvgIpc) is 3.17. The monoisotopic (exact) mass is 778 g/mol. The van der Waals surface area contributed by atoms with E-state index in [9.17, 15) is 27.6 Å². The SMILES string of the molecule is COc1cc(-c2cn(C)c(=O)c3cnccc23)cc(Cl)c1CN1CCC(CCN2CCC(c3ccc(NC4CCC(=O)NC4=O)cc3C(F)(F)F)CC2)CC1. The van der Waals surface area contributed by atoms with Gasteiger partial charge in [0.05, 0.1) is 18.1 Å². The number of carbonyl (C=O) groups is 2. The number of alkyl halides is 3. The van der Waals surface area contributed by atoms with Crippen molar-refractivity contribution in [2.75, 3.05) is 45.2 Å². The molecule has 55 heavy (non-hydrogen) atoms. The van der Waals surface area contributed by atoms with Gasteiger partial charge in [0.1, 0.15) is 11.8 Å². The van der Waals surface area contributed by atoms with Gasteiger partial charge in [-0.25, -0.2) is 0 Å². The Labute approximate surface area is 323 Å². The summed E-state index contributed by atoms with van der Waals surface area (Å²) in [5, 5.41) is 7.08. The maximum Gasteiger partial charge on any atom is 0.416 e. The van der Waals surface area contributed by atoms with Crippen LogP contribution in [0.15, 0.2) is 59.8 Å². The second-order valence-corrected chi connectivity index (χ2v) is 15.5. The van der Waals surface area contributed by atoms with Crippen LogP contribution in [0.1, 0.15) is 67.6 Å². The van der Waals surface area contributed by atoms with Gasteiger partial charge in [0.15, 0.2) is 0 Å². The fourth-order valence-corrected chi connectivity index (χ4v) is 8.68. The lowest BCUT2D eigenvalue weighted by atomic mass is 9.85. The van der Waals surface area contributed by atoms with E-state index in [1.54, 1.807) is 43.3 Å². The van der Waals surface area contributed by atoms with E-state index < -0.39 is 23.7 Å². The van der Waals surface area contributed by atoms with Crippen LogP contribution in [0, 0.1) is 5.92 Å². The van der Waals surface area contributed by atoms with Crippen LogP contribution in [0.4, 0.5) is 18.9 Å². The minimum atomic E-state index is -4.53. The highest BCUT2D eigenvalue weighted by Gasteiger charge is 2.37. The van der Waals surface area contributed by atoms with E-state index in [0.29, 0.717) is 47.0 Å². The van der Waals surface area contributed by atoms with E-state index in [1.807, 2.05) is 24.4 Å². The van der Waals surface area contributed by atoms with Crippen LogP contribution < -0.4 is 20.9 Å². The average molecular weight is 779 g/mol. The Balaban J connectivity index is 0.908. The van der Waals surface area contributed by atoms with Crippen molar-refractivity contribution in [3.05, 3.63) is 87.1 Å². The second-order valence-electron chi connectivity index (χ2n) is 15.1. The number of hydrogen-bond donors (Lipinski definition) is 2. The fraction of sp³-hybridized carbons (Fsp3) is 0.463. The third kappa shape index (κ3) is 8.69. The molecule has 4 aromatic rings. The van der Waals surface area contributed by atoms with Crippen molar-refractivity contribution in [3.8, 4) is 16.9 Å². The van der Waals surface area contributed by atoms with Gasteiger partial charge in [-0.3, -0.25) is 29.6 Å². The maximum atomic E-state index is 14.3. The van der Waals surface area contributed by atoms with Crippen molar-refractivity contribution in [2.45, 2.75) is 69.6 Å². The van der Waals surface area contributed by atoms with Gasteiger partial charge in [0, 0.05) is 60.4 Å². The summed E-state index contributed by atoms with van der Waals surface area (Å²) in [5.41, 5.74) is 2.41. The van der Waals surface area contributed by atoms with Gasteiger partial charge in [0.2, 0.25) is 11.8 Å². The Morgan fingerprint density at radius 2 is 1.71 bits per heavy atom. The molecule has 2 amide bonds. The summed E-state index contributed by atoms with van der Waals surface area (Å²) in [7, 11) is 3.37. The summed E-state index contributed by atoms with van der Waals surface area (Å²) in [6.07, 6.45) is 5.40. The minimum Gasteiger partial charge on any atom is -0.496 e. The third-order valence-corrected chi connectivity index (χ3v) is 11.9. The quantitative estimate of drug-likeness (QED) is 0.166. The second kappa shape index (κ2) is 16.3. The molecule has 2 aromatic heterocycles. The van der Waals surface area contributed by atoms with Crippen LogP contribution in [0.3, 0.4) is 0 Å². The number of ether oxygens (including phenoxy) is 1. The molecule has 14 heteroatoms. The first-order chi connectivity index (χ1) is 26.4. The van der Waals surface area contributed by atoms with Crippen molar-refractivity contribution in [2.24, 2.45) is 13.0 Å². The van der Waals surface area contributed by atoms with E-state index in [-0.39, 0.29) is 35.9 Å². The molecular formula is C41H46ClF3N6O4. The Morgan fingerprint density at radius 3 is 2.42 bits per heavy atom. The Morgan fingerprint density at radius 1 is 0.964 bits per heavy atom. The molecule has 2 aromatic carbocycles. The molecule has 0 spiro atoms. The highest BCUT2D eigenvalue weighted by atomic mass is 35.5. The van der Waals surface area contributed by atoms with Crippen molar-refractivity contribution in [1.29, 1.82) is 0 Å². The van der Waals surface area contributed by atoms with Gasteiger partial charge < -0.3 is 19.5 Å². The predicted molar refractivity (Wildman–Crippen MR) is 206 cm³/mol. The van der Waals surface area contributed by atoms with Gasteiger partial charge in [0.25, 0.3) is 5.56 Å². The number of amides is 2. The lowest BCUT2D eigenvalue weighted by molar-refractivity contribution is -0.138. The molecule has 1 unspecified atom stereocenters. The normalized spacial score (nSPS) is 19.5. The summed E-state index contributed by atoms with van der Waals surface area (Å²) in [4.78, 5) is 45.3. The van der Waals surface area contributed by atoms with Crippen LogP contribution >= 0.6 is 11.6 Å². The molecule has 1 atom stereocenters. The number of methoxy groups -OCH3 is 1. The lowest BCUT2D eigenvalue weighted by Crippen LogP contribution is -2.47. The van der Waals surface area contributed by atoms with Crippen molar-refractivity contribution < 1.29 is 27.5 Å². The molecule has 292 valence electrons. The molecule has 0 saturated carbocycles. The number of benzene rings is 2. The molecular weight excluding hydrogens is 733 g/mol. The van der Waals surface area contributed by atoms with E-state index >= 15 is 0 Å². The maximum absolute atomic E-state index is 14.3. The van der Waals surface area contributed by atoms with Gasteiger partial charge in [-0.2, -0.15) is 13.2 Å². The van der Waals surface area contributed by atoms with Gasteiger partial charge in [-0.15, -0.1) is 0 Å². The zero-order valence-electron chi connectivity index (χ0n) is 31.1. The molecule has 0 bridgehead atoms. The lowest BCUT2D eigenvalue weighted by Gasteiger charge is -2.36. The number of pyridine rings is 2. The van der Waals surface area contributed by atoms with Crippen molar-refractivity contribution in [3.63, 3.8) is 0 Å². The Bertz CT molecular complexity index is 2130. The smallest absolute Gasteiger partial charge is 0.416 e. The highest BCUT2D eigenvalue weighted by molar-refractivity contribution is 6.32.